The molecule has 0 aliphatic carbocycles. The third-order valence-corrected chi connectivity index (χ3v) is 2.18. The average Bonchev–Trinajstić information content (AvgIpc) is 2.26. The Morgan fingerprint density at radius 2 is 2.00 bits per heavy atom. The van der Waals surface area contributed by atoms with Crippen molar-refractivity contribution in [2.75, 3.05) is 20.3 Å². The van der Waals surface area contributed by atoms with E-state index in [1.807, 2.05) is 13.1 Å². The summed E-state index contributed by atoms with van der Waals surface area (Å²) in [5.74, 6) is 0. The minimum atomic E-state index is 0.308. The van der Waals surface area contributed by atoms with E-state index in [0.717, 1.165) is 19.6 Å². The Labute approximate surface area is 86.3 Å². The summed E-state index contributed by atoms with van der Waals surface area (Å²) in [7, 11) is 1.97. The van der Waals surface area contributed by atoms with Crippen LogP contribution >= 0.6 is 0 Å². The SMILES string of the molecule is CCCOCC(NC)c1ccccc1. The maximum Gasteiger partial charge on any atom is 0.0661 e. The first kappa shape index (κ1) is 11.2. The summed E-state index contributed by atoms with van der Waals surface area (Å²) in [5, 5.41) is 3.25. The maximum absolute atomic E-state index is 5.53. The van der Waals surface area contributed by atoms with Gasteiger partial charge in [0.2, 0.25) is 0 Å². The predicted octanol–water partition coefficient (Wildman–Crippen LogP) is 2.37. The van der Waals surface area contributed by atoms with Crippen LogP contribution in [0.4, 0.5) is 0 Å². The molecule has 14 heavy (non-hydrogen) atoms. The Hall–Kier alpha value is -0.860. The van der Waals surface area contributed by atoms with Crippen molar-refractivity contribution in [2.24, 2.45) is 0 Å². The number of rotatable bonds is 6. The first-order valence-electron chi connectivity index (χ1n) is 5.18. The molecule has 0 radical (unpaired) electrons. The van der Waals surface area contributed by atoms with Crippen LogP contribution < -0.4 is 5.32 Å². The minimum absolute atomic E-state index is 0.308. The van der Waals surface area contributed by atoms with Crippen molar-refractivity contribution in [1.82, 2.24) is 5.32 Å². The highest BCUT2D eigenvalue weighted by Gasteiger charge is 2.07. The number of benzene rings is 1. The number of hydrogen-bond acceptors (Lipinski definition) is 2. The molecule has 0 aromatic heterocycles. The Morgan fingerprint density at radius 3 is 2.57 bits per heavy atom. The summed E-state index contributed by atoms with van der Waals surface area (Å²) in [6.07, 6.45) is 1.07. The quantitative estimate of drug-likeness (QED) is 0.700. The predicted molar refractivity (Wildman–Crippen MR) is 59.4 cm³/mol. The fourth-order valence-corrected chi connectivity index (χ4v) is 1.38. The lowest BCUT2D eigenvalue weighted by Crippen LogP contribution is -2.21. The Balaban J connectivity index is 2.46. The Bertz CT molecular complexity index is 235. The van der Waals surface area contributed by atoms with Gasteiger partial charge in [-0.3, -0.25) is 0 Å². The molecule has 0 aliphatic rings. The van der Waals surface area contributed by atoms with E-state index < -0.39 is 0 Å². The van der Waals surface area contributed by atoms with Gasteiger partial charge in [0.05, 0.1) is 12.6 Å². The van der Waals surface area contributed by atoms with Crippen LogP contribution in [0.3, 0.4) is 0 Å². The van der Waals surface area contributed by atoms with Crippen LogP contribution in [0.25, 0.3) is 0 Å². The van der Waals surface area contributed by atoms with Crippen molar-refractivity contribution in [3.63, 3.8) is 0 Å². The molecule has 0 heterocycles. The van der Waals surface area contributed by atoms with Crippen LogP contribution in [0.1, 0.15) is 24.9 Å². The van der Waals surface area contributed by atoms with E-state index >= 15 is 0 Å². The van der Waals surface area contributed by atoms with Crippen LogP contribution in [0.15, 0.2) is 30.3 Å². The van der Waals surface area contributed by atoms with Crippen molar-refractivity contribution in [3.8, 4) is 0 Å². The summed E-state index contributed by atoms with van der Waals surface area (Å²) in [5.41, 5.74) is 1.28. The van der Waals surface area contributed by atoms with Crippen molar-refractivity contribution in [1.29, 1.82) is 0 Å². The van der Waals surface area contributed by atoms with Crippen molar-refractivity contribution in [2.45, 2.75) is 19.4 Å². The zero-order chi connectivity index (χ0) is 10.2. The van der Waals surface area contributed by atoms with Gasteiger partial charge in [-0.25, -0.2) is 0 Å². The average molecular weight is 193 g/mol. The summed E-state index contributed by atoms with van der Waals surface area (Å²) in [6.45, 7) is 3.70. The van der Waals surface area contributed by atoms with E-state index in [0.29, 0.717) is 6.04 Å². The zero-order valence-corrected chi connectivity index (χ0v) is 8.99. The smallest absolute Gasteiger partial charge is 0.0661 e. The van der Waals surface area contributed by atoms with Gasteiger partial charge >= 0.3 is 0 Å². The topological polar surface area (TPSA) is 21.3 Å². The van der Waals surface area contributed by atoms with Crippen LogP contribution in [0, 0.1) is 0 Å². The number of likely N-dealkylation sites (N-methyl/N-ethyl adjacent to an activating group) is 1. The molecule has 0 saturated heterocycles. The minimum Gasteiger partial charge on any atom is -0.379 e. The normalized spacial score (nSPS) is 12.7. The lowest BCUT2D eigenvalue weighted by molar-refractivity contribution is 0.114. The van der Waals surface area contributed by atoms with Crippen molar-refractivity contribution >= 4 is 0 Å². The molecule has 1 N–H and O–H groups in total. The first-order valence-corrected chi connectivity index (χ1v) is 5.18. The highest BCUT2D eigenvalue weighted by atomic mass is 16.5. The summed E-state index contributed by atoms with van der Waals surface area (Å²) >= 11 is 0. The molecule has 1 unspecified atom stereocenters. The third-order valence-electron chi connectivity index (χ3n) is 2.18. The second-order valence-corrected chi connectivity index (χ2v) is 3.33. The standard InChI is InChI=1S/C12H19NO/c1-3-9-14-10-12(13-2)11-7-5-4-6-8-11/h4-8,12-13H,3,9-10H2,1-2H3. The molecule has 0 amide bonds. The molecule has 0 aliphatic heterocycles. The molecule has 1 atom stereocenters. The molecule has 0 bridgehead atoms. The molecule has 1 aromatic carbocycles. The van der Waals surface area contributed by atoms with Crippen LogP contribution in [-0.4, -0.2) is 20.3 Å². The molecule has 0 fully saturated rings. The molecule has 0 spiro atoms. The summed E-state index contributed by atoms with van der Waals surface area (Å²) in [6, 6.07) is 10.7. The van der Waals surface area contributed by atoms with E-state index in [1.165, 1.54) is 5.56 Å². The van der Waals surface area contributed by atoms with Gasteiger partial charge in [-0.05, 0) is 19.0 Å². The second kappa shape index (κ2) is 6.57. The Kier molecular flexibility index (Phi) is 5.27. The lowest BCUT2D eigenvalue weighted by atomic mass is 10.1. The van der Waals surface area contributed by atoms with Gasteiger partial charge in [-0.2, -0.15) is 0 Å². The second-order valence-electron chi connectivity index (χ2n) is 3.33. The highest BCUT2D eigenvalue weighted by Crippen LogP contribution is 2.11. The highest BCUT2D eigenvalue weighted by molar-refractivity contribution is 5.18. The maximum atomic E-state index is 5.53. The largest absolute Gasteiger partial charge is 0.379 e. The van der Waals surface area contributed by atoms with Gasteiger partial charge in [0, 0.05) is 6.61 Å². The zero-order valence-electron chi connectivity index (χ0n) is 8.99. The van der Waals surface area contributed by atoms with Crippen molar-refractivity contribution < 1.29 is 4.74 Å². The number of hydrogen-bond donors (Lipinski definition) is 1. The van der Waals surface area contributed by atoms with Gasteiger partial charge in [0.15, 0.2) is 0 Å². The molecular formula is C12H19NO. The first-order chi connectivity index (χ1) is 6.88. The van der Waals surface area contributed by atoms with Gasteiger partial charge in [0.25, 0.3) is 0 Å². The van der Waals surface area contributed by atoms with E-state index in [-0.39, 0.29) is 0 Å². The van der Waals surface area contributed by atoms with E-state index in [4.69, 9.17) is 4.74 Å². The molecule has 0 saturated carbocycles. The number of nitrogens with one attached hydrogen (secondary N) is 1. The van der Waals surface area contributed by atoms with Crippen molar-refractivity contribution in [3.05, 3.63) is 35.9 Å². The van der Waals surface area contributed by atoms with Crippen LogP contribution in [0.2, 0.25) is 0 Å². The summed E-state index contributed by atoms with van der Waals surface area (Å²) in [4.78, 5) is 0. The summed E-state index contributed by atoms with van der Waals surface area (Å²) < 4.78 is 5.53. The Morgan fingerprint density at radius 1 is 1.29 bits per heavy atom. The molecule has 1 aromatic rings. The molecular weight excluding hydrogens is 174 g/mol. The van der Waals surface area contributed by atoms with Gasteiger partial charge in [0.1, 0.15) is 0 Å². The molecule has 1 rings (SSSR count). The fraction of sp³-hybridized carbons (Fsp3) is 0.500. The molecule has 2 heteroatoms. The monoisotopic (exact) mass is 193 g/mol. The van der Waals surface area contributed by atoms with Gasteiger partial charge < -0.3 is 10.1 Å². The van der Waals surface area contributed by atoms with E-state index in [9.17, 15) is 0 Å². The van der Waals surface area contributed by atoms with E-state index in [2.05, 4.69) is 36.5 Å². The molecule has 78 valence electrons. The number of ether oxygens (including phenoxy) is 1. The van der Waals surface area contributed by atoms with Gasteiger partial charge in [-0.15, -0.1) is 0 Å². The van der Waals surface area contributed by atoms with E-state index in [1.54, 1.807) is 0 Å². The van der Waals surface area contributed by atoms with Gasteiger partial charge in [-0.1, -0.05) is 37.3 Å². The van der Waals surface area contributed by atoms with Crippen LogP contribution in [-0.2, 0) is 4.74 Å². The van der Waals surface area contributed by atoms with Crippen LogP contribution in [0.5, 0.6) is 0 Å². The third kappa shape index (κ3) is 3.48. The lowest BCUT2D eigenvalue weighted by Gasteiger charge is -2.16. The molecule has 2 nitrogen and oxygen atoms in total. The fourth-order valence-electron chi connectivity index (χ4n) is 1.38.